The summed E-state index contributed by atoms with van der Waals surface area (Å²) in [5, 5.41) is 9.13. The van der Waals surface area contributed by atoms with Crippen LogP contribution >= 0.6 is 92.8 Å². The number of amides is 1. The van der Waals surface area contributed by atoms with E-state index in [-0.39, 0.29) is 15.7 Å². The molecule has 0 aliphatic rings. The van der Waals surface area contributed by atoms with Crippen LogP contribution in [-0.4, -0.2) is 21.0 Å². The molecule has 150 valence electrons. The molecule has 0 bridgehead atoms. The van der Waals surface area contributed by atoms with Gasteiger partial charge in [0, 0.05) is 14.3 Å². The lowest BCUT2D eigenvalue weighted by Gasteiger charge is -2.28. The Morgan fingerprint density at radius 3 is 2.36 bits per heavy atom. The van der Waals surface area contributed by atoms with E-state index in [4.69, 9.17) is 70.2 Å². The molecule has 2 aromatic rings. The first-order valence-corrected chi connectivity index (χ1v) is 11.0. The highest BCUT2D eigenvalue weighted by Crippen LogP contribution is 2.30. The lowest BCUT2D eigenvalue weighted by Crippen LogP contribution is -2.56. The van der Waals surface area contributed by atoms with Crippen LogP contribution in [0.2, 0.25) is 10.0 Å². The first kappa shape index (κ1) is 24.1. The Balaban J connectivity index is 2.13. The van der Waals surface area contributed by atoms with Crippen LogP contribution in [0.3, 0.4) is 0 Å². The van der Waals surface area contributed by atoms with E-state index in [9.17, 15) is 4.79 Å². The van der Waals surface area contributed by atoms with Gasteiger partial charge in [0.2, 0.25) is 3.79 Å². The van der Waals surface area contributed by atoms with Gasteiger partial charge in [0.15, 0.2) is 5.11 Å². The molecule has 0 fully saturated rings. The quantitative estimate of drug-likeness (QED) is 0.164. The predicted molar refractivity (Wildman–Crippen MR) is 131 cm³/mol. The lowest BCUT2D eigenvalue weighted by molar-refractivity contribution is 0.0934. The van der Waals surface area contributed by atoms with E-state index in [0.717, 1.165) is 14.8 Å². The van der Waals surface area contributed by atoms with Gasteiger partial charge in [-0.05, 0) is 83.7 Å². The third-order valence-electron chi connectivity index (χ3n) is 3.49. The summed E-state index contributed by atoms with van der Waals surface area (Å²) >= 11 is 37.4. The number of aryl methyl sites for hydroxylation is 1. The number of anilines is 1. The van der Waals surface area contributed by atoms with E-state index in [0.29, 0.717) is 5.02 Å². The molecule has 2 rings (SSSR count). The predicted octanol–water partition coefficient (Wildman–Crippen LogP) is 6.32. The van der Waals surface area contributed by atoms with Gasteiger partial charge in [-0.15, -0.1) is 0 Å². The van der Waals surface area contributed by atoms with Crippen LogP contribution in [0.25, 0.3) is 0 Å². The zero-order chi connectivity index (χ0) is 21.1. The molecule has 2 aromatic carbocycles. The minimum Gasteiger partial charge on any atom is -0.339 e. The average Bonchev–Trinajstić information content (AvgIpc) is 2.55. The van der Waals surface area contributed by atoms with Crippen molar-refractivity contribution in [1.82, 2.24) is 10.6 Å². The molecule has 0 aliphatic carbocycles. The maximum atomic E-state index is 12.5. The molecular weight excluding hydrogens is 598 g/mol. The fourth-order valence-electron chi connectivity index (χ4n) is 2.14. The molecule has 28 heavy (non-hydrogen) atoms. The van der Waals surface area contributed by atoms with Gasteiger partial charge in [-0.1, -0.05) is 58.0 Å². The number of thiocarbonyl (C=S) groups is 1. The van der Waals surface area contributed by atoms with Gasteiger partial charge in [-0.2, -0.15) is 0 Å². The third-order valence-corrected chi connectivity index (χ3v) is 5.58. The van der Waals surface area contributed by atoms with Crippen LogP contribution < -0.4 is 16.0 Å². The van der Waals surface area contributed by atoms with Gasteiger partial charge < -0.3 is 16.0 Å². The van der Waals surface area contributed by atoms with E-state index >= 15 is 0 Å². The van der Waals surface area contributed by atoms with Gasteiger partial charge >= 0.3 is 0 Å². The minimum atomic E-state index is -1.89. The third kappa shape index (κ3) is 6.93. The number of carbonyl (C=O) groups excluding carboxylic acids is 1. The first-order valence-electron chi connectivity index (χ1n) is 7.63. The van der Waals surface area contributed by atoms with Crippen molar-refractivity contribution in [1.29, 1.82) is 0 Å². The topological polar surface area (TPSA) is 53.2 Å². The Morgan fingerprint density at radius 1 is 1.11 bits per heavy atom. The number of rotatable bonds is 4. The molecule has 0 aromatic heterocycles. The second-order valence-electron chi connectivity index (χ2n) is 5.63. The van der Waals surface area contributed by atoms with Crippen molar-refractivity contribution in [2.24, 2.45) is 0 Å². The highest BCUT2D eigenvalue weighted by molar-refractivity contribution is 14.1. The van der Waals surface area contributed by atoms with Gasteiger partial charge in [-0.25, -0.2) is 0 Å². The van der Waals surface area contributed by atoms with Crippen LogP contribution in [0.15, 0.2) is 36.4 Å². The number of benzene rings is 2. The lowest BCUT2D eigenvalue weighted by atomic mass is 10.2. The summed E-state index contributed by atoms with van der Waals surface area (Å²) in [5.41, 5.74) is 1.95. The maximum Gasteiger partial charge on any atom is 0.254 e. The fourth-order valence-corrected chi connectivity index (χ4v) is 3.84. The number of nitrogens with one attached hydrogen (secondary N) is 3. The molecular formula is C17H13Cl5IN3OS. The molecule has 0 aliphatic heterocycles. The van der Waals surface area contributed by atoms with Crippen molar-refractivity contribution >= 4 is 110 Å². The molecule has 0 spiro atoms. The van der Waals surface area contributed by atoms with Crippen molar-refractivity contribution in [2.75, 3.05) is 5.32 Å². The largest absolute Gasteiger partial charge is 0.339 e. The van der Waals surface area contributed by atoms with Crippen LogP contribution in [0.4, 0.5) is 5.69 Å². The normalized spacial score (nSPS) is 12.2. The van der Waals surface area contributed by atoms with Gasteiger partial charge in [-0.3, -0.25) is 4.79 Å². The highest BCUT2D eigenvalue weighted by Gasteiger charge is 2.35. The number of carbonyl (C=O) groups is 1. The Kier molecular flexibility index (Phi) is 8.76. The van der Waals surface area contributed by atoms with Crippen LogP contribution in [0.1, 0.15) is 15.9 Å². The van der Waals surface area contributed by atoms with Crippen molar-refractivity contribution in [2.45, 2.75) is 16.9 Å². The molecule has 0 radical (unpaired) electrons. The fraction of sp³-hybridized carbons (Fsp3) is 0.176. The zero-order valence-corrected chi connectivity index (χ0v) is 20.9. The van der Waals surface area contributed by atoms with E-state index in [1.54, 1.807) is 0 Å². The summed E-state index contributed by atoms with van der Waals surface area (Å²) in [6, 6.07) is 10.2. The maximum absolute atomic E-state index is 12.5. The molecule has 1 atom stereocenters. The summed E-state index contributed by atoms with van der Waals surface area (Å²) in [4.78, 5) is 12.5. The van der Waals surface area contributed by atoms with Crippen molar-refractivity contribution in [3.8, 4) is 0 Å². The molecule has 1 amide bonds. The van der Waals surface area contributed by atoms with Gasteiger partial charge in [0.25, 0.3) is 5.91 Å². The molecule has 4 nitrogen and oxygen atoms in total. The number of alkyl halides is 3. The highest BCUT2D eigenvalue weighted by atomic mass is 127. The van der Waals surface area contributed by atoms with E-state index in [1.165, 1.54) is 18.2 Å². The summed E-state index contributed by atoms with van der Waals surface area (Å²) in [6.45, 7) is 1.93. The first-order chi connectivity index (χ1) is 13.0. The van der Waals surface area contributed by atoms with E-state index in [1.807, 2.05) is 25.1 Å². The molecule has 0 heterocycles. The van der Waals surface area contributed by atoms with Crippen LogP contribution in [0.5, 0.6) is 0 Å². The number of hydrogen-bond acceptors (Lipinski definition) is 2. The molecule has 1 unspecified atom stereocenters. The van der Waals surface area contributed by atoms with E-state index in [2.05, 4.69) is 38.5 Å². The SMILES string of the molecule is Cc1cc(I)ccc1NC(=S)NC(NC(=O)c1ccc(Cl)cc1Cl)C(Cl)(Cl)Cl. The van der Waals surface area contributed by atoms with Gasteiger partial charge in [0.1, 0.15) is 6.17 Å². The summed E-state index contributed by atoms with van der Waals surface area (Å²) in [6.07, 6.45) is -1.12. The Morgan fingerprint density at radius 2 is 1.79 bits per heavy atom. The minimum absolute atomic E-state index is 0.170. The Labute approximate surface area is 206 Å². The average molecular weight is 612 g/mol. The molecule has 0 saturated carbocycles. The van der Waals surface area contributed by atoms with Crippen molar-refractivity contribution in [3.05, 3.63) is 61.1 Å². The van der Waals surface area contributed by atoms with Gasteiger partial charge in [0.05, 0.1) is 10.6 Å². The van der Waals surface area contributed by atoms with Crippen LogP contribution in [0, 0.1) is 10.5 Å². The van der Waals surface area contributed by atoms with E-state index < -0.39 is 15.9 Å². The monoisotopic (exact) mass is 609 g/mol. The number of hydrogen-bond donors (Lipinski definition) is 3. The second kappa shape index (κ2) is 10.2. The standard InChI is InChI=1S/C17H13Cl5IN3OS/c1-8-6-10(23)3-5-13(8)24-16(28)26-15(17(20,21)22)25-14(27)11-4-2-9(18)7-12(11)19/h2-7,15H,1H3,(H,25,27)(H2,24,26,28). The van der Waals surface area contributed by atoms with Crippen LogP contribution in [-0.2, 0) is 0 Å². The summed E-state index contributed by atoms with van der Waals surface area (Å²) in [5.74, 6) is -0.557. The van der Waals surface area contributed by atoms with Crippen molar-refractivity contribution < 1.29 is 4.79 Å². The summed E-state index contributed by atoms with van der Waals surface area (Å²) < 4.78 is -0.799. The molecule has 3 N–H and O–H groups in total. The number of halogens is 6. The molecule has 0 saturated heterocycles. The smallest absolute Gasteiger partial charge is 0.254 e. The Hall–Kier alpha value is -0.220. The molecule has 11 heteroatoms. The second-order valence-corrected chi connectivity index (χ2v) is 10.5. The Bertz CT molecular complexity index is 907. The zero-order valence-electron chi connectivity index (χ0n) is 14.1. The van der Waals surface area contributed by atoms with Crippen molar-refractivity contribution in [3.63, 3.8) is 0 Å². The summed E-state index contributed by atoms with van der Waals surface area (Å²) in [7, 11) is 0.